The first kappa shape index (κ1) is 37.0. The molecule has 5 atom stereocenters. The van der Waals surface area contributed by atoms with E-state index in [1.165, 1.54) is 23.1 Å². The van der Waals surface area contributed by atoms with Gasteiger partial charge in [-0.2, -0.15) is 0 Å². The third-order valence-electron chi connectivity index (χ3n) is 10.5. The van der Waals surface area contributed by atoms with Crippen LogP contribution in [0.2, 0.25) is 0 Å². The monoisotopic (exact) mass is 731 g/mol. The molecule has 6 rings (SSSR count). The van der Waals surface area contributed by atoms with E-state index >= 15 is 0 Å². The van der Waals surface area contributed by atoms with Crippen LogP contribution in [0.3, 0.4) is 0 Å². The SMILES string of the molecule is C=CCCCCC[C@H](Nc1cccc(F)c1)C(=O)N1C[C@H](Oc2nccc3ccccc23)C[C@H]1C(=O)N[C@]1(C(=O)NS(=O)(=O)C2(C)CC2)C[C@H]1C=C. The lowest BCUT2D eigenvalue weighted by Crippen LogP contribution is -2.58. The van der Waals surface area contributed by atoms with Crippen molar-refractivity contribution in [2.24, 2.45) is 5.92 Å². The number of anilines is 1. The Morgan fingerprint density at radius 3 is 2.60 bits per heavy atom. The van der Waals surface area contributed by atoms with Crippen molar-refractivity contribution in [3.8, 4) is 5.88 Å². The minimum Gasteiger partial charge on any atom is -0.472 e. The van der Waals surface area contributed by atoms with Crippen LogP contribution in [0.1, 0.15) is 64.7 Å². The Labute approximate surface area is 304 Å². The smallest absolute Gasteiger partial charge is 0.259 e. The fourth-order valence-electron chi connectivity index (χ4n) is 6.89. The third-order valence-corrected chi connectivity index (χ3v) is 12.7. The Hall–Kier alpha value is -4.78. The molecule has 3 amide bonds. The lowest BCUT2D eigenvalue weighted by Gasteiger charge is -2.30. The molecule has 3 N–H and O–H groups in total. The van der Waals surface area contributed by atoms with Gasteiger partial charge in [-0.15, -0.1) is 13.2 Å². The van der Waals surface area contributed by atoms with Crippen molar-refractivity contribution in [3.63, 3.8) is 0 Å². The molecule has 0 unspecified atom stereocenters. The maximum atomic E-state index is 14.5. The molecular formula is C39H46FN5O6S. The first-order valence-electron chi connectivity index (χ1n) is 17.8. The van der Waals surface area contributed by atoms with E-state index in [9.17, 15) is 27.2 Å². The highest BCUT2D eigenvalue weighted by molar-refractivity contribution is 7.91. The number of pyridine rings is 1. The molecule has 2 aromatic carbocycles. The lowest BCUT2D eigenvalue weighted by atomic mass is 10.0. The van der Waals surface area contributed by atoms with Crippen molar-refractivity contribution in [3.05, 3.63) is 91.9 Å². The van der Waals surface area contributed by atoms with Gasteiger partial charge < -0.3 is 20.3 Å². The van der Waals surface area contributed by atoms with Crippen LogP contribution in [-0.4, -0.2) is 71.0 Å². The quantitative estimate of drug-likeness (QED) is 0.124. The van der Waals surface area contributed by atoms with Crippen LogP contribution < -0.4 is 20.1 Å². The summed E-state index contributed by atoms with van der Waals surface area (Å²) in [6, 6.07) is 13.4. The topological polar surface area (TPSA) is 147 Å². The number of hydrogen-bond acceptors (Lipinski definition) is 8. The summed E-state index contributed by atoms with van der Waals surface area (Å²) >= 11 is 0. The number of halogens is 1. The van der Waals surface area contributed by atoms with E-state index in [0.717, 1.165) is 30.0 Å². The van der Waals surface area contributed by atoms with E-state index in [1.807, 2.05) is 36.4 Å². The molecule has 13 heteroatoms. The number of unbranched alkanes of at least 4 members (excludes halogenated alkanes) is 3. The number of carbonyl (C=O) groups is 3. The summed E-state index contributed by atoms with van der Waals surface area (Å²) in [6.45, 7) is 9.18. The van der Waals surface area contributed by atoms with Crippen molar-refractivity contribution in [1.29, 1.82) is 0 Å². The zero-order valence-electron chi connectivity index (χ0n) is 29.4. The number of rotatable bonds is 17. The number of ether oxygens (including phenoxy) is 1. The van der Waals surface area contributed by atoms with Gasteiger partial charge in [0.25, 0.3) is 5.91 Å². The molecule has 276 valence electrons. The third kappa shape index (κ3) is 7.84. The number of allylic oxidation sites excluding steroid dienone is 1. The zero-order valence-corrected chi connectivity index (χ0v) is 30.2. The van der Waals surface area contributed by atoms with Crippen LogP contribution >= 0.6 is 0 Å². The molecule has 1 aromatic heterocycles. The van der Waals surface area contributed by atoms with E-state index in [2.05, 4.69) is 33.5 Å². The molecule has 3 aromatic rings. The second kappa shape index (κ2) is 15.1. The Morgan fingerprint density at radius 1 is 1.10 bits per heavy atom. The van der Waals surface area contributed by atoms with Gasteiger partial charge in [-0.25, -0.2) is 17.8 Å². The normalized spacial score (nSPS) is 23.7. The summed E-state index contributed by atoms with van der Waals surface area (Å²) < 4.78 is 47.8. The maximum Gasteiger partial charge on any atom is 0.259 e. The van der Waals surface area contributed by atoms with Gasteiger partial charge in [-0.1, -0.05) is 49.3 Å². The van der Waals surface area contributed by atoms with Crippen molar-refractivity contribution in [2.75, 3.05) is 11.9 Å². The molecule has 2 aliphatic carbocycles. The number of nitrogens with zero attached hydrogens (tertiary/aromatic N) is 2. The van der Waals surface area contributed by atoms with Gasteiger partial charge >= 0.3 is 0 Å². The fourth-order valence-corrected chi connectivity index (χ4v) is 8.20. The number of likely N-dealkylation sites (tertiary alicyclic amines) is 1. The van der Waals surface area contributed by atoms with Crippen molar-refractivity contribution >= 4 is 44.2 Å². The molecule has 1 aliphatic heterocycles. The highest BCUT2D eigenvalue weighted by atomic mass is 32.2. The minimum atomic E-state index is -3.98. The summed E-state index contributed by atoms with van der Waals surface area (Å²) in [7, 11) is -3.98. The average molecular weight is 732 g/mol. The van der Waals surface area contributed by atoms with Crippen molar-refractivity contribution in [1.82, 2.24) is 19.9 Å². The van der Waals surface area contributed by atoms with Gasteiger partial charge in [0, 0.05) is 29.6 Å². The number of amides is 3. The number of sulfonamides is 1. The van der Waals surface area contributed by atoms with Crippen LogP contribution in [0, 0.1) is 11.7 Å². The van der Waals surface area contributed by atoms with Crippen molar-refractivity contribution < 1.29 is 31.9 Å². The van der Waals surface area contributed by atoms with Gasteiger partial charge in [0.2, 0.25) is 27.7 Å². The average Bonchev–Trinajstić information content (AvgIpc) is 4.01. The second-order valence-corrected chi connectivity index (χ2v) is 16.5. The molecule has 0 spiro atoms. The van der Waals surface area contributed by atoms with Gasteiger partial charge in [-0.05, 0) is 81.2 Å². The molecule has 1 saturated heterocycles. The molecule has 52 heavy (non-hydrogen) atoms. The Kier molecular flexibility index (Phi) is 10.7. The molecule has 11 nitrogen and oxygen atoms in total. The van der Waals surface area contributed by atoms with Crippen LogP contribution in [0.5, 0.6) is 5.88 Å². The van der Waals surface area contributed by atoms with E-state index < -0.39 is 62.0 Å². The molecule has 0 radical (unpaired) electrons. The number of carbonyl (C=O) groups excluding carboxylic acids is 3. The first-order chi connectivity index (χ1) is 24.9. The van der Waals surface area contributed by atoms with E-state index in [1.54, 1.807) is 25.3 Å². The summed E-state index contributed by atoms with van der Waals surface area (Å²) in [4.78, 5) is 48.3. The van der Waals surface area contributed by atoms with Gasteiger partial charge in [0.05, 0.1) is 11.3 Å². The number of benzene rings is 2. The van der Waals surface area contributed by atoms with E-state index in [4.69, 9.17) is 4.74 Å². The predicted molar refractivity (Wildman–Crippen MR) is 197 cm³/mol. The molecule has 2 saturated carbocycles. The lowest BCUT2D eigenvalue weighted by molar-refractivity contribution is -0.140. The molecule has 3 fully saturated rings. The Bertz CT molecular complexity index is 1960. The Balaban J connectivity index is 1.27. The Morgan fingerprint density at radius 2 is 1.88 bits per heavy atom. The molecular weight excluding hydrogens is 686 g/mol. The minimum absolute atomic E-state index is 0.0381. The predicted octanol–water partition coefficient (Wildman–Crippen LogP) is 5.40. The molecule has 0 bridgehead atoms. The van der Waals surface area contributed by atoms with Gasteiger partial charge in [0.1, 0.15) is 29.5 Å². The highest BCUT2D eigenvalue weighted by Crippen LogP contribution is 2.47. The number of nitrogens with one attached hydrogen (secondary N) is 3. The number of hydrogen-bond donors (Lipinski definition) is 3. The summed E-state index contributed by atoms with van der Waals surface area (Å²) in [5.41, 5.74) is -1.11. The summed E-state index contributed by atoms with van der Waals surface area (Å²) in [5, 5.41) is 7.72. The van der Waals surface area contributed by atoms with E-state index in [0.29, 0.717) is 37.3 Å². The van der Waals surface area contributed by atoms with Crippen LogP contribution in [0.25, 0.3) is 10.8 Å². The standard InChI is InChI=1S/C39H46FN5O6S/c1-4-6-7-8-9-17-32(42-29-15-12-14-28(40)22-29)36(47)45-25-30(51-35-31-16-11-10-13-26(31)18-21-41-35)23-33(45)34(46)43-39(24-27(39)5-2)37(48)44-52(49,50)38(3)19-20-38/h4-5,10-16,18,21-22,27,30,32-33,42H,1-2,6-9,17,19-20,23-25H2,3H3,(H,43,46)(H,44,48)/t27-,30-,32+,33+,39-/m1/s1. The summed E-state index contributed by atoms with van der Waals surface area (Å²) in [6.07, 6.45) is 9.15. The fraction of sp³-hybridized carbons (Fsp3) is 0.436. The molecule has 3 aliphatic rings. The first-order valence-corrected chi connectivity index (χ1v) is 19.3. The zero-order chi connectivity index (χ0) is 37.1. The van der Waals surface area contributed by atoms with Gasteiger partial charge in [0.15, 0.2) is 0 Å². The van der Waals surface area contributed by atoms with Crippen LogP contribution in [0.4, 0.5) is 10.1 Å². The molecule has 2 heterocycles. The maximum absolute atomic E-state index is 14.5. The number of fused-ring (bicyclic) bond motifs is 1. The van der Waals surface area contributed by atoms with Gasteiger partial charge in [-0.3, -0.25) is 19.1 Å². The van der Waals surface area contributed by atoms with Crippen molar-refractivity contribution in [2.45, 2.75) is 93.2 Å². The number of aromatic nitrogens is 1. The van der Waals surface area contributed by atoms with Crippen LogP contribution in [0.15, 0.2) is 86.1 Å². The summed E-state index contributed by atoms with van der Waals surface area (Å²) in [5.74, 6) is -2.43. The van der Waals surface area contributed by atoms with Crippen LogP contribution in [-0.2, 0) is 24.4 Å². The highest BCUT2D eigenvalue weighted by Gasteiger charge is 2.63. The largest absolute Gasteiger partial charge is 0.472 e. The second-order valence-electron chi connectivity index (χ2n) is 14.3. The van der Waals surface area contributed by atoms with E-state index in [-0.39, 0.29) is 25.3 Å².